The number of anilines is 1. The van der Waals surface area contributed by atoms with E-state index in [1.54, 1.807) is 0 Å². The van der Waals surface area contributed by atoms with E-state index in [0.717, 1.165) is 17.8 Å². The molecule has 5 aliphatic carbocycles. The topological polar surface area (TPSA) is 18.8 Å². The predicted octanol–water partition coefficient (Wildman–Crippen LogP) is 7.01. The van der Waals surface area contributed by atoms with Gasteiger partial charge in [0.1, 0.15) is 5.84 Å². The molecule has 2 aliphatic heterocycles. The van der Waals surface area contributed by atoms with Gasteiger partial charge in [-0.25, -0.2) is 0 Å². The van der Waals surface area contributed by atoms with Crippen LogP contribution in [0.5, 0.6) is 0 Å². The molecule has 1 atom stereocenters. The molecule has 2 saturated heterocycles. The molecule has 0 N–H and O–H groups in total. The van der Waals surface area contributed by atoms with Gasteiger partial charge in [0.15, 0.2) is 0 Å². The highest BCUT2D eigenvalue weighted by atomic mass is 32.1. The minimum Gasteiger partial charge on any atom is -0.293 e. The molecule has 0 radical (unpaired) electrons. The van der Waals surface area contributed by atoms with Gasteiger partial charge in [-0.15, -0.1) is 0 Å². The number of benzene rings is 1. The molecule has 3 nitrogen and oxygen atoms in total. The molecule has 4 bridgehead atoms. The third kappa shape index (κ3) is 3.45. The summed E-state index contributed by atoms with van der Waals surface area (Å²) >= 11 is 6.51. The quantitative estimate of drug-likeness (QED) is 0.438. The van der Waals surface area contributed by atoms with Crippen LogP contribution in [0.3, 0.4) is 0 Å². The van der Waals surface area contributed by atoms with Gasteiger partial charge in [-0.3, -0.25) is 14.8 Å². The zero-order chi connectivity index (χ0) is 22.8. The average molecular weight is 476 g/mol. The molecule has 7 fully saturated rings. The van der Waals surface area contributed by atoms with Crippen molar-refractivity contribution >= 4 is 28.7 Å². The lowest BCUT2D eigenvalue weighted by molar-refractivity contribution is 0.000981. The van der Waals surface area contributed by atoms with E-state index in [2.05, 4.69) is 40.1 Å². The van der Waals surface area contributed by atoms with Gasteiger partial charge in [0.2, 0.25) is 0 Å². The number of hydrogen-bond donors (Lipinski definition) is 0. The van der Waals surface area contributed by atoms with Crippen molar-refractivity contribution in [2.24, 2.45) is 28.2 Å². The molecule has 4 heteroatoms. The van der Waals surface area contributed by atoms with Crippen LogP contribution in [0.4, 0.5) is 5.69 Å². The molecule has 8 rings (SSSR count). The van der Waals surface area contributed by atoms with E-state index < -0.39 is 0 Å². The summed E-state index contributed by atoms with van der Waals surface area (Å²) in [6, 6.07) is 11.4. The summed E-state index contributed by atoms with van der Waals surface area (Å²) in [7, 11) is 0. The minimum atomic E-state index is 0.0991. The number of aliphatic imine (C=N–C) groups is 1. The number of rotatable bonds is 3. The number of piperidine rings is 1. The maximum atomic E-state index is 6.51. The van der Waals surface area contributed by atoms with Crippen molar-refractivity contribution in [1.29, 1.82) is 0 Å². The zero-order valence-electron chi connectivity index (χ0n) is 20.8. The number of para-hydroxylation sites is 1. The molecule has 5 saturated carbocycles. The Bertz CT molecular complexity index is 921. The van der Waals surface area contributed by atoms with Crippen LogP contribution in [0.15, 0.2) is 35.3 Å². The van der Waals surface area contributed by atoms with Crippen molar-refractivity contribution in [2.45, 2.75) is 101 Å². The first-order valence-corrected chi connectivity index (χ1v) is 14.8. The Hall–Kier alpha value is -1.26. The van der Waals surface area contributed by atoms with E-state index in [4.69, 9.17) is 17.2 Å². The average Bonchev–Trinajstić information content (AvgIpc) is 3.06. The molecule has 0 aromatic heterocycles. The standard InChI is InChI=1S/C30H41N3S/c34-28-30(12-6-2-7-13-30)26(32-14-8-3-9-15-32)27(33(28)25-10-4-1-5-11-25)31-29-19-22-16-23(20-29)18-24(17-22)21-29/h1,4-5,10-11,22-24,26H,2-3,6-9,12-21H2/t22?,23?,24?,26-,29?/m1/s1. The molecule has 7 aliphatic rings. The van der Waals surface area contributed by atoms with Gasteiger partial charge < -0.3 is 0 Å². The Labute approximate surface area is 211 Å². The van der Waals surface area contributed by atoms with Crippen LogP contribution in [-0.2, 0) is 0 Å². The monoisotopic (exact) mass is 475 g/mol. The summed E-state index contributed by atoms with van der Waals surface area (Å²) < 4.78 is 0. The normalized spacial score (nSPS) is 40.5. The number of nitrogens with zero attached hydrogens (tertiary/aromatic N) is 3. The van der Waals surface area contributed by atoms with E-state index in [1.807, 2.05) is 0 Å². The van der Waals surface area contributed by atoms with Gasteiger partial charge in [-0.1, -0.05) is 56.1 Å². The molecular formula is C30H41N3S. The number of hydrogen-bond acceptors (Lipinski definition) is 3. The fourth-order valence-corrected chi connectivity index (χ4v) is 10.1. The van der Waals surface area contributed by atoms with E-state index in [0.29, 0.717) is 6.04 Å². The van der Waals surface area contributed by atoms with Crippen molar-refractivity contribution in [3.05, 3.63) is 30.3 Å². The van der Waals surface area contributed by atoms with Gasteiger partial charge in [0.25, 0.3) is 0 Å². The second kappa shape index (κ2) is 8.40. The van der Waals surface area contributed by atoms with E-state index in [9.17, 15) is 0 Å². The second-order valence-electron chi connectivity index (χ2n) is 12.8. The van der Waals surface area contributed by atoms with Crippen molar-refractivity contribution in [2.75, 3.05) is 18.0 Å². The molecule has 34 heavy (non-hydrogen) atoms. The lowest BCUT2D eigenvalue weighted by Crippen LogP contribution is -2.54. The Kier molecular flexibility index (Phi) is 5.43. The number of thiocarbonyl (C=S) groups is 1. The van der Waals surface area contributed by atoms with Gasteiger partial charge in [-0.2, -0.15) is 0 Å². The first-order valence-electron chi connectivity index (χ1n) is 14.4. The highest BCUT2D eigenvalue weighted by Gasteiger charge is 2.59. The fraction of sp³-hybridized carbons (Fsp3) is 0.733. The first-order chi connectivity index (χ1) is 16.7. The Morgan fingerprint density at radius 1 is 0.765 bits per heavy atom. The van der Waals surface area contributed by atoms with Crippen LogP contribution in [0, 0.1) is 23.2 Å². The summed E-state index contributed by atoms with van der Waals surface area (Å²) in [5, 5.41) is 0. The maximum absolute atomic E-state index is 6.51. The van der Waals surface area contributed by atoms with Crippen molar-refractivity contribution in [3.63, 3.8) is 0 Å². The highest BCUT2D eigenvalue weighted by Crippen LogP contribution is 2.58. The molecule has 2 heterocycles. The SMILES string of the molecule is S=C1N(c2ccccc2)C(=NC23CC4CC(CC(C4)C2)C3)[C@@H](N2CCCCC2)C12CCCCC2. The molecule has 0 unspecified atom stereocenters. The van der Waals surface area contributed by atoms with Crippen molar-refractivity contribution in [1.82, 2.24) is 4.90 Å². The molecule has 1 aromatic carbocycles. The summed E-state index contributed by atoms with van der Waals surface area (Å²) in [6.45, 7) is 2.44. The number of amidine groups is 1. The predicted molar refractivity (Wildman–Crippen MR) is 145 cm³/mol. The molecular weight excluding hydrogens is 434 g/mol. The summed E-state index contributed by atoms with van der Waals surface area (Å²) in [5.74, 6) is 4.12. The maximum Gasteiger partial charge on any atom is 0.127 e. The van der Waals surface area contributed by atoms with Crippen LogP contribution in [0.25, 0.3) is 0 Å². The third-order valence-electron chi connectivity index (χ3n) is 10.5. The van der Waals surface area contributed by atoms with Gasteiger partial charge in [0, 0.05) is 11.1 Å². The van der Waals surface area contributed by atoms with Crippen LogP contribution < -0.4 is 4.90 Å². The van der Waals surface area contributed by atoms with Crippen LogP contribution in [-0.4, -0.2) is 40.4 Å². The van der Waals surface area contributed by atoms with E-state index in [1.165, 1.54) is 119 Å². The summed E-state index contributed by atoms with van der Waals surface area (Å²) in [4.78, 5) is 12.5. The van der Waals surface area contributed by atoms with Crippen LogP contribution >= 0.6 is 12.2 Å². The summed E-state index contributed by atoms with van der Waals surface area (Å²) in [5.41, 5.74) is 1.53. The molecule has 0 amide bonds. The second-order valence-corrected chi connectivity index (χ2v) is 13.2. The first kappa shape index (κ1) is 22.0. The van der Waals surface area contributed by atoms with Crippen molar-refractivity contribution in [3.8, 4) is 0 Å². The van der Waals surface area contributed by atoms with Gasteiger partial charge in [0.05, 0.1) is 16.6 Å². The van der Waals surface area contributed by atoms with Gasteiger partial charge in [-0.05, 0) is 107 Å². The largest absolute Gasteiger partial charge is 0.293 e. The van der Waals surface area contributed by atoms with E-state index in [-0.39, 0.29) is 11.0 Å². The van der Waals surface area contributed by atoms with Crippen LogP contribution in [0.2, 0.25) is 0 Å². The Morgan fingerprint density at radius 3 is 1.97 bits per heavy atom. The lowest BCUT2D eigenvalue weighted by atomic mass is 9.53. The van der Waals surface area contributed by atoms with Gasteiger partial charge >= 0.3 is 0 Å². The third-order valence-corrected chi connectivity index (χ3v) is 11.1. The zero-order valence-corrected chi connectivity index (χ0v) is 21.6. The smallest absolute Gasteiger partial charge is 0.127 e. The number of likely N-dealkylation sites (tertiary alicyclic amines) is 1. The Balaban J connectivity index is 1.38. The lowest BCUT2D eigenvalue weighted by Gasteiger charge is -2.55. The van der Waals surface area contributed by atoms with Crippen molar-refractivity contribution < 1.29 is 0 Å². The van der Waals surface area contributed by atoms with E-state index >= 15 is 0 Å². The van der Waals surface area contributed by atoms with Crippen LogP contribution in [0.1, 0.15) is 89.9 Å². The molecule has 182 valence electrons. The Morgan fingerprint density at radius 2 is 1.35 bits per heavy atom. The fourth-order valence-electron chi connectivity index (χ4n) is 9.55. The molecule has 1 spiro atoms. The minimum absolute atomic E-state index is 0.0991. The molecule has 1 aromatic rings. The highest BCUT2D eigenvalue weighted by molar-refractivity contribution is 7.80. The summed E-state index contributed by atoms with van der Waals surface area (Å²) in [6.07, 6.45) is 19.0.